The lowest BCUT2D eigenvalue weighted by Crippen LogP contribution is -2.23. The van der Waals surface area contributed by atoms with Crippen LogP contribution in [0.15, 0.2) is 24.0 Å². The monoisotopic (exact) mass is 246 g/mol. The molecule has 0 aromatic carbocycles. The number of carbonyl (C=O) groups is 1. The van der Waals surface area contributed by atoms with Crippen molar-refractivity contribution in [3.8, 4) is 0 Å². The van der Waals surface area contributed by atoms with Gasteiger partial charge >= 0.3 is 5.97 Å². The fraction of sp³-hybridized carbons (Fsp3) is 0.545. The molecule has 0 saturated carbocycles. The van der Waals surface area contributed by atoms with Crippen LogP contribution in [-0.4, -0.2) is 29.9 Å². The van der Waals surface area contributed by atoms with Gasteiger partial charge in [0.1, 0.15) is 0 Å². The maximum absolute atomic E-state index is 10.3. The Morgan fingerprint density at radius 2 is 2.44 bits per heavy atom. The van der Waals surface area contributed by atoms with Crippen LogP contribution in [0.5, 0.6) is 0 Å². The highest BCUT2D eigenvalue weighted by molar-refractivity contribution is 6.25. The third-order valence-corrected chi connectivity index (χ3v) is 2.49. The van der Waals surface area contributed by atoms with E-state index in [4.69, 9.17) is 26.2 Å². The van der Waals surface area contributed by atoms with Crippen molar-refractivity contribution >= 4 is 17.6 Å². The van der Waals surface area contributed by atoms with Gasteiger partial charge in [-0.15, -0.1) is 0 Å². The van der Waals surface area contributed by atoms with Crippen LogP contribution in [-0.2, 0) is 14.3 Å². The van der Waals surface area contributed by atoms with E-state index in [-0.39, 0.29) is 6.42 Å². The van der Waals surface area contributed by atoms with Gasteiger partial charge in [0.25, 0.3) is 0 Å². The van der Waals surface area contributed by atoms with Crippen molar-refractivity contribution in [2.24, 2.45) is 0 Å². The van der Waals surface area contributed by atoms with E-state index in [1.807, 2.05) is 6.08 Å². The number of ether oxygens (including phenoxy) is 2. The third-order valence-electron chi connectivity index (χ3n) is 2.14. The smallest absolute Gasteiger partial charge is 0.303 e. The maximum atomic E-state index is 10.3. The Hall–Kier alpha value is -1.00. The molecule has 1 N–H and O–H groups in total. The normalized spacial score (nSPS) is 24.0. The molecule has 90 valence electrons. The molecule has 0 amide bonds. The van der Waals surface area contributed by atoms with Gasteiger partial charge in [0.15, 0.2) is 5.06 Å². The largest absolute Gasteiger partial charge is 0.501 e. The summed E-state index contributed by atoms with van der Waals surface area (Å²) in [4.78, 5) is 10.3. The summed E-state index contributed by atoms with van der Waals surface area (Å²) in [6.45, 7) is 0.299. The Bertz CT molecular complexity index is 311. The van der Waals surface area contributed by atoms with Gasteiger partial charge in [-0.05, 0) is 12.5 Å². The van der Waals surface area contributed by atoms with E-state index in [9.17, 15) is 4.79 Å². The molecule has 1 aliphatic carbocycles. The van der Waals surface area contributed by atoms with Crippen molar-refractivity contribution in [1.82, 2.24) is 0 Å². The van der Waals surface area contributed by atoms with Crippen LogP contribution in [0.25, 0.3) is 0 Å². The van der Waals surface area contributed by atoms with Gasteiger partial charge in [-0.1, -0.05) is 17.7 Å². The van der Waals surface area contributed by atoms with Gasteiger partial charge in [-0.3, -0.25) is 4.79 Å². The lowest BCUT2D eigenvalue weighted by Gasteiger charge is -2.24. The first-order valence-electron chi connectivity index (χ1n) is 5.04. The number of alkyl halides is 1. The van der Waals surface area contributed by atoms with Gasteiger partial charge in [0.2, 0.25) is 0 Å². The molecule has 0 aromatic rings. The maximum Gasteiger partial charge on any atom is 0.303 e. The second kappa shape index (κ2) is 5.92. The molecular weight excluding hydrogens is 232 g/mol. The van der Waals surface area contributed by atoms with Gasteiger partial charge in [-0.25, -0.2) is 0 Å². The van der Waals surface area contributed by atoms with Crippen molar-refractivity contribution in [2.45, 2.75) is 24.3 Å². The molecule has 0 aromatic heterocycles. The minimum atomic E-state index is -0.998. The highest BCUT2D eigenvalue weighted by atomic mass is 35.5. The van der Waals surface area contributed by atoms with E-state index in [1.165, 1.54) is 0 Å². The number of aliphatic carboxylic acids is 1. The van der Waals surface area contributed by atoms with Crippen LogP contribution in [0.1, 0.15) is 19.3 Å². The highest BCUT2D eigenvalue weighted by Gasteiger charge is 2.25. The van der Waals surface area contributed by atoms with Gasteiger partial charge in [-0.2, -0.15) is 0 Å². The quantitative estimate of drug-likeness (QED) is 0.444. The fourth-order valence-corrected chi connectivity index (χ4v) is 1.63. The zero-order chi connectivity index (χ0) is 12.0. The zero-order valence-corrected chi connectivity index (χ0v) is 9.87. The second-order valence-corrected chi connectivity index (χ2v) is 4.06. The molecular formula is C11H15ClO4. The molecule has 0 aliphatic heterocycles. The van der Waals surface area contributed by atoms with Crippen molar-refractivity contribution in [2.75, 3.05) is 13.7 Å². The van der Waals surface area contributed by atoms with E-state index >= 15 is 0 Å². The van der Waals surface area contributed by atoms with Crippen LogP contribution < -0.4 is 0 Å². The molecule has 0 bridgehead atoms. The van der Waals surface area contributed by atoms with Crippen LogP contribution in [0.2, 0.25) is 0 Å². The van der Waals surface area contributed by atoms with Crippen LogP contribution in [0.3, 0.4) is 0 Å². The van der Waals surface area contributed by atoms with E-state index in [2.05, 4.69) is 0 Å². The molecule has 1 rings (SSSR count). The molecule has 5 heteroatoms. The lowest BCUT2D eigenvalue weighted by atomic mass is 10.1. The predicted molar refractivity (Wildman–Crippen MR) is 60.3 cm³/mol. The number of methoxy groups -OCH3 is 1. The van der Waals surface area contributed by atoms with E-state index in [0.29, 0.717) is 19.4 Å². The van der Waals surface area contributed by atoms with Crippen molar-refractivity contribution < 1.29 is 19.4 Å². The summed E-state index contributed by atoms with van der Waals surface area (Å²) in [7, 11) is 1.58. The summed E-state index contributed by atoms with van der Waals surface area (Å²) in [6, 6.07) is 0. The van der Waals surface area contributed by atoms with Crippen LogP contribution >= 0.6 is 11.6 Å². The topological polar surface area (TPSA) is 55.8 Å². The first-order valence-corrected chi connectivity index (χ1v) is 5.41. The average Bonchev–Trinajstić information content (AvgIpc) is 2.24. The molecule has 16 heavy (non-hydrogen) atoms. The fourth-order valence-electron chi connectivity index (χ4n) is 1.35. The minimum Gasteiger partial charge on any atom is -0.501 e. The van der Waals surface area contributed by atoms with Gasteiger partial charge in [0.05, 0.1) is 19.5 Å². The van der Waals surface area contributed by atoms with Gasteiger partial charge in [0, 0.05) is 18.9 Å². The minimum absolute atomic E-state index is 0.0809. The number of hydrogen-bond acceptors (Lipinski definition) is 3. The molecule has 4 nitrogen and oxygen atoms in total. The van der Waals surface area contributed by atoms with Crippen molar-refractivity contribution in [3.05, 3.63) is 24.0 Å². The summed E-state index contributed by atoms with van der Waals surface area (Å²) in [6.07, 6.45) is 6.50. The van der Waals surface area contributed by atoms with Crippen molar-refractivity contribution in [3.63, 3.8) is 0 Å². The lowest BCUT2D eigenvalue weighted by molar-refractivity contribution is -0.137. The Balaban J connectivity index is 2.39. The first kappa shape index (κ1) is 13.1. The van der Waals surface area contributed by atoms with Gasteiger partial charge < -0.3 is 14.6 Å². The zero-order valence-electron chi connectivity index (χ0n) is 9.11. The summed E-state index contributed by atoms with van der Waals surface area (Å²) >= 11 is 6.15. The Labute approximate surface area is 99.5 Å². The number of halogens is 1. The highest BCUT2D eigenvalue weighted by Crippen LogP contribution is 2.28. The van der Waals surface area contributed by atoms with Crippen LogP contribution in [0, 0.1) is 0 Å². The summed E-state index contributed by atoms with van der Waals surface area (Å²) in [5.74, 6) is -0.0877. The number of hydrogen-bond donors (Lipinski definition) is 1. The standard InChI is InChI=1S/C11H15ClO4/c1-15-9-4-2-6-11(12,8-9)16-7-3-5-10(13)14/h2,6,8H,3-5,7H2,1H3,(H,13,14). The van der Waals surface area contributed by atoms with E-state index < -0.39 is 11.0 Å². The second-order valence-electron chi connectivity index (χ2n) is 3.46. The SMILES string of the molecule is COC1=CC(Cl)(OCCCC(=O)O)C=CC1. The summed E-state index contributed by atoms with van der Waals surface area (Å²) < 4.78 is 10.5. The number of rotatable bonds is 6. The number of carboxylic acids is 1. The first-order chi connectivity index (χ1) is 7.56. The van der Waals surface area contributed by atoms with Crippen molar-refractivity contribution in [1.29, 1.82) is 0 Å². The molecule has 0 spiro atoms. The average molecular weight is 247 g/mol. The Kier molecular flexibility index (Phi) is 4.83. The Morgan fingerprint density at radius 3 is 3.06 bits per heavy atom. The molecule has 0 heterocycles. The van der Waals surface area contributed by atoms with E-state index in [1.54, 1.807) is 19.3 Å². The summed E-state index contributed by atoms with van der Waals surface area (Å²) in [5.41, 5.74) is 0. The molecule has 0 saturated heterocycles. The number of carboxylic acid groups (broad SMARTS) is 1. The summed E-state index contributed by atoms with van der Waals surface area (Å²) in [5, 5.41) is 7.46. The third kappa shape index (κ3) is 4.24. The Morgan fingerprint density at radius 1 is 1.69 bits per heavy atom. The molecule has 0 radical (unpaired) electrons. The predicted octanol–water partition coefficient (Wildman–Crippen LogP) is 2.29. The molecule has 1 unspecified atom stereocenters. The van der Waals surface area contributed by atoms with Crippen LogP contribution in [0.4, 0.5) is 0 Å². The number of allylic oxidation sites excluding steroid dienone is 1. The molecule has 0 fully saturated rings. The van der Waals surface area contributed by atoms with E-state index in [0.717, 1.165) is 5.76 Å². The molecule has 1 atom stereocenters. The molecule has 1 aliphatic rings.